The fraction of sp³-hybridized carbons (Fsp3) is 0.111. The van der Waals surface area contributed by atoms with Gasteiger partial charge in [0.15, 0.2) is 0 Å². The number of carbonyl (C=O) groups excluding carboxylic acids is 1. The topological polar surface area (TPSA) is 71.0 Å². The molecule has 2 heterocycles. The van der Waals surface area contributed by atoms with Gasteiger partial charge in [0.1, 0.15) is 18.0 Å². The lowest BCUT2D eigenvalue weighted by atomic mass is 10.1. The second-order valence-corrected chi connectivity index (χ2v) is 5.74. The summed E-state index contributed by atoms with van der Waals surface area (Å²) >= 11 is 0. The Labute approximate surface area is 156 Å². The van der Waals surface area contributed by atoms with Crippen LogP contribution < -0.4 is 10.2 Å². The van der Waals surface area contributed by atoms with E-state index in [1.54, 1.807) is 11.9 Å². The number of hydrogen-bond donors (Lipinski definition) is 1. The van der Waals surface area contributed by atoms with E-state index in [-0.39, 0.29) is 11.4 Å². The van der Waals surface area contributed by atoms with Crippen molar-refractivity contribution in [2.45, 2.75) is 6.18 Å². The molecule has 0 aliphatic heterocycles. The number of carbonyl (C=O) groups is 1. The van der Waals surface area contributed by atoms with Gasteiger partial charge in [0, 0.05) is 24.5 Å². The van der Waals surface area contributed by atoms with Crippen LogP contribution in [0.1, 0.15) is 15.9 Å². The second kappa shape index (κ2) is 7.59. The number of rotatable bonds is 4. The van der Waals surface area contributed by atoms with Crippen LogP contribution in [0.5, 0.6) is 0 Å². The number of benzene rings is 1. The van der Waals surface area contributed by atoms with Crippen LogP contribution in [-0.4, -0.2) is 27.9 Å². The lowest BCUT2D eigenvalue weighted by molar-refractivity contribution is -0.137. The Hall–Kier alpha value is -3.56. The maximum Gasteiger partial charge on any atom is 0.416 e. The summed E-state index contributed by atoms with van der Waals surface area (Å²) in [6, 6.07) is 5.05. The standard InChI is InChI=1S/C18H13F4N5O/c1-27(15-8-23-10-24-9-15)14-5-11(4-13(19)7-14)17(28)26-16-6-12(2-3-25-16)18(20,21)22/h2-10H,1H3,(H,25,26,28). The molecule has 1 N–H and O–H groups in total. The Morgan fingerprint density at radius 1 is 1.07 bits per heavy atom. The van der Waals surface area contributed by atoms with Crippen molar-refractivity contribution < 1.29 is 22.4 Å². The summed E-state index contributed by atoms with van der Waals surface area (Å²) in [5.74, 6) is -1.79. The van der Waals surface area contributed by atoms with Crippen molar-refractivity contribution in [2.24, 2.45) is 0 Å². The third-order valence-corrected chi connectivity index (χ3v) is 3.80. The van der Waals surface area contributed by atoms with Crippen molar-refractivity contribution in [1.29, 1.82) is 0 Å². The number of alkyl halides is 3. The lowest BCUT2D eigenvalue weighted by Gasteiger charge is -2.19. The molecule has 0 saturated carbocycles. The Morgan fingerprint density at radius 2 is 1.79 bits per heavy atom. The second-order valence-electron chi connectivity index (χ2n) is 5.74. The predicted molar refractivity (Wildman–Crippen MR) is 93.7 cm³/mol. The molecule has 0 saturated heterocycles. The highest BCUT2D eigenvalue weighted by atomic mass is 19.4. The first-order valence-corrected chi connectivity index (χ1v) is 7.88. The molecule has 1 amide bonds. The van der Waals surface area contributed by atoms with E-state index < -0.39 is 23.5 Å². The highest BCUT2D eigenvalue weighted by Crippen LogP contribution is 2.30. The Kier molecular flexibility index (Phi) is 5.21. The Morgan fingerprint density at radius 3 is 2.46 bits per heavy atom. The minimum atomic E-state index is -4.57. The van der Waals surface area contributed by atoms with Crippen LogP contribution in [0, 0.1) is 5.82 Å². The quantitative estimate of drug-likeness (QED) is 0.680. The van der Waals surface area contributed by atoms with Crippen LogP contribution >= 0.6 is 0 Å². The van der Waals surface area contributed by atoms with Gasteiger partial charge in [-0.3, -0.25) is 4.79 Å². The number of hydrogen-bond acceptors (Lipinski definition) is 5. The minimum absolute atomic E-state index is 0.0853. The molecular formula is C18H13F4N5O. The zero-order chi connectivity index (χ0) is 20.3. The third kappa shape index (κ3) is 4.40. The summed E-state index contributed by atoms with van der Waals surface area (Å²) in [7, 11) is 1.63. The number of anilines is 3. The van der Waals surface area contributed by atoms with Gasteiger partial charge in [0.2, 0.25) is 0 Å². The van der Waals surface area contributed by atoms with E-state index in [0.29, 0.717) is 17.4 Å². The molecule has 2 aromatic heterocycles. The van der Waals surface area contributed by atoms with E-state index in [4.69, 9.17) is 0 Å². The summed E-state index contributed by atoms with van der Waals surface area (Å²) < 4.78 is 52.4. The first kappa shape index (κ1) is 19.2. The molecule has 1 aromatic carbocycles. The normalized spacial score (nSPS) is 11.2. The van der Waals surface area contributed by atoms with E-state index >= 15 is 0 Å². The van der Waals surface area contributed by atoms with Crippen molar-refractivity contribution in [2.75, 3.05) is 17.3 Å². The van der Waals surface area contributed by atoms with Crippen LogP contribution in [0.4, 0.5) is 34.8 Å². The van der Waals surface area contributed by atoms with Gasteiger partial charge < -0.3 is 10.2 Å². The smallest absolute Gasteiger partial charge is 0.342 e. The number of nitrogens with one attached hydrogen (secondary N) is 1. The van der Waals surface area contributed by atoms with Crippen LogP contribution in [0.2, 0.25) is 0 Å². The highest BCUT2D eigenvalue weighted by molar-refractivity contribution is 6.04. The molecule has 6 nitrogen and oxygen atoms in total. The molecule has 0 fully saturated rings. The van der Waals surface area contributed by atoms with Crippen molar-refractivity contribution >= 4 is 23.1 Å². The molecule has 0 bridgehead atoms. The minimum Gasteiger partial charge on any atom is -0.342 e. The monoisotopic (exact) mass is 391 g/mol. The van der Waals surface area contributed by atoms with E-state index in [1.807, 2.05) is 0 Å². The van der Waals surface area contributed by atoms with E-state index in [1.165, 1.54) is 30.9 Å². The highest BCUT2D eigenvalue weighted by Gasteiger charge is 2.30. The maximum absolute atomic E-state index is 14.0. The lowest BCUT2D eigenvalue weighted by Crippen LogP contribution is -2.16. The summed E-state index contributed by atoms with van der Waals surface area (Å²) in [5, 5.41) is 2.24. The molecule has 0 aliphatic rings. The Bertz CT molecular complexity index is 995. The van der Waals surface area contributed by atoms with Gasteiger partial charge >= 0.3 is 6.18 Å². The van der Waals surface area contributed by atoms with Gasteiger partial charge in [-0.1, -0.05) is 0 Å². The summed E-state index contributed by atoms with van der Waals surface area (Å²) in [5.41, 5.74) is -0.157. The molecular weight excluding hydrogens is 378 g/mol. The summed E-state index contributed by atoms with van der Waals surface area (Å²) in [6.45, 7) is 0. The molecule has 3 rings (SSSR count). The third-order valence-electron chi connectivity index (χ3n) is 3.80. The molecule has 3 aromatic rings. The maximum atomic E-state index is 14.0. The number of pyridine rings is 1. The summed E-state index contributed by atoms with van der Waals surface area (Å²) in [4.78, 5) is 25.4. The van der Waals surface area contributed by atoms with Gasteiger partial charge in [-0.2, -0.15) is 13.2 Å². The largest absolute Gasteiger partial charge is 0.416 e. The van der Waals surface area contributed by atoms with Crippen LogP contribution in [0.15, 0.2) is 55.2 Å². The average Bonchev–Trinajstić information content (AvgIpc) is 2.67. The zero-order valence-electron chi connectivity index (χ0n) is 14.4. The van der Waals surface area contributed by atoms with Gasteiger partial charge in [-0.25, -0.2) is 19.3 Å². The van der Waals surface area contributed by atoms with Crippen molar-refractivity contribution in [1.82, 2.24) is 15.0 Å². The first-order chi connectivity index (χ1) is 13.2. The molecule has 0 spiro atoms. The number of amides is 1. The molecule has 10 heteroatoms. The van der Waals surface area contributed by atoms with Gasteiger partial charge in [0.25, 0.3) is 5.91 Å². The number of nitrogens with zero attached hydrogens (tertiary/aromatic N) is 4. The molecule has 0 atom stereocenters. The van der Waals surface area contributed by atoms with E-state index in [9.17, 15) is 22.4 Å². The Balaban J connectivity index is 1.86. The van der Waals surface area contributed by atoms with Crippen molar-refractivity contribution in [3.63, 3.8) is 0 Å². The first-order valence-electron chi connectivity index (χ1n) is 7.88. The molecule has 144 valence electrons. The molecule has 0 radical (unpaired) electrons. The molecule has 28 heavy (non-hydrogen) atoms. The number of aromatic nitrogens is 3. The van der Waals surface area contributed by atoms with E-state index in [0.717, 1.165) is 18.3 Å². The number of halogens is 4. The fourth-order valence-electron chi connectivity index (χ4n) is 2.38. The van der Waals surface area contributed by atoms with Crippen LogP contribution in [-0.2, 0) is 6.18 Å². The average molecular weight is 391 g/mol. The van der Waals surface area contributed by atoms with E-state index in [2.05, 4.69) is 20.3 Å². The zero-order valence-corrected chi connectivity index (χ0v) is 14.4. The van der Waals surface area contributed by atoms with Crippen molar-refractivity contribution in [3.8, 4) is 0 Å². The SMILES string of the molecule is CN(c1cncnc1)c1cc(F)cc(C(=O)Nc2cc(C(F)(F)F)ccn2)c1. The van der Waals surface area contributed by atoms with Crippen LogP contribution in [0.25, 0.3) is 0 Å². The molecule has 0 aliphatic carbocycles. The van der Waals surface area contributed by atoms with Crippen LogP contribution in [0.3, 0.4) is 0 Å². The van der Waals surface area contributed by atoms with Crippen molar-refractivity contribution in [3.05, 3.63) is 72.2 Å². The molecule has 0 unspecified atom stereocenters. The van der Waals surface area contributed by atoms with Gasteiger partial charge in [-0.15, -0.1) is 0 Å². The fourth-order valence-corrected chi connectivity index (χ4v) is 2.38. The van der Waals surface area contributed by atoms with Gasteiger partial charge in [-0.05, 0) is 30.3 Å². The summed E-state index contributed by atoms with van der Waals surface area (Å²) in [6.07, 6.45) is 0.700. The van der Waals surface area contributed by atoms with Gasteiger partial charge in [0.05, 0.1) is 23.6 Å². The predicted octanol–water partition coefficient (Wildman–Crippen LogP) is 4.05.